The second-order valence-electron chi connectivity index (χ2n) is 7.81. The van der Waals surface area contributed by atoms with E-state index in [-0.39, 0.29) is 5.82 Å². The van der Waals surface area contributed by atoms with Crippen LogP contribution in [0, 0.1) is 11.7 Å². The van der Waals surface area contributed by atoms with Gasteiger partial charge in [-0.15, -0.1) is 0 Å². The lowest BCUT2D eigenvalue weighted by Crippen LogP contribution is -2.41. The molecule has 122 valence electrons. The van der Waals surface area contributed by atoms with E-state index >= 15 is 0 Å². The first-order valence-electron chi connectivity index (χ1n) is 8.69. The number of pyridine rings is 1. The van der Waals surface area contributed by atoms with Crippen molar-refractivity contribution in [3.05, 3.63) is 47.9 Å². The number of rotatable bonds is 4. The van der Waals surface area contributed by atoms with Crippen LogP contribution < -0.4 is 5.19 Å². The summed E-state index contributed by atoms with van der Waals surface area (Å²) >= 11 is 0. The maximum absolute atomic E-state index is 14.1. The minimum Gasteiger partial charge on any atom is -0.256 e. The van der Waals surface area contributed by atoms with Crippen molar-refractivity contribution in [3.63, 3.8) is 0 Å². The van der Waals surface area contributed by atoms with Crippen LogP contribution in [0.3, 0.4) is 0 Å². The molecule has 1 nitrogen and oxygen atoms in total. The van der Waals surface area contributed by atoms with Gasteiger partial charge in [0.25, 0.3) is 0 Å². The van der Waals surface area contributed by atoms with Crippen LogP contribution in [0.5, 0.6) is 0 Å². The summed E-state index contributed by atoms with van der Waals surface area (Å²) in [7, 11) is -1.44. The van der Waals surface area contributed by atoms with Gasteiger partial charge in [-0.2, -0.15) is 0 Å². The van der Waals surface area contributed by atoms with Crippen molar-refractivity contribution in [2.24, 2.45) is 5.92 Å². The van der Waals surface area contributed by atoms with Crippen LogP contribution in [0.25, 0.3) is 11.3 Å². The molecule has 1 aromatic heterocycles. The molecule has 0 unspecified atom stereocenters. The van der Waals surface area contributed by atoms with Crippen LogP contribution in [0.4, 0.5) is 4.39 Å². The quantitative estimate of drug-likeness (QED) is 0.706. The second kappa shape index (κ2) is 6.56. The van der Waals surface area contributed by atoms with Gasteiger partial charge in [-0.3, -0.25) is 4.98 Å². The van der Waals surface area contributed by atoms with Crippen molar-refractivity contribution in [1.29, 1.82) is 0 Å². The van der Waals surface area contributed by atoms with Crippen LogP contribution in [0.15, 0.2) is 36.5 Å². The highest BCUT2D eigenvalue weighted by molar-refractivity contribution is 6.89. The van der Waals surface area contributed by atoms with Crippen molar-refractivity contribution in [2.75, 3.05) is 0 Å². The van der Waals surface area contributed by atoms with Crippen molar-refractivity contribution in [3.8, 4) is 11.3 Å². The Kier molecular flexibility index (Phi) is 4.67. The molecule has 1 heterocycles. The summed E-state index contributed by atoms with van der Waals surface area (Å²) < 4.78 is 14.1. The summed E-state index contributed by atoms with van der Waals surface area (Å²) in [5.74, 6) is 0.605. The van der Waals surface area contributed by atoms with Gasteiger partial charge in [0.05, 0.1) is 13.8 Å². The highest BCUT2D eigenvalue weighted by Crippen LogP contribution is 2.29. The molecule has 1 aliphatic carbocycles. The summed E-state index contributed by atoms with van der Waals surface area (Å²) in [6.45, 7) is 7.10. The first-order chi connectivity index (χ1) is 10.9. The normalized spacial score (nSPS) is 16.0. The monoisotopic (exact) mass is 327 g/mol. The van der Waals surface area contributed by atoms with Crippen LogP contribution in [-0.4, -0.2) is 13.1 Å². The Balaban J connectivity index is 2.02. The first-order valence-corrected chi connectivity index (χ1v) is 12.2. The van der Waals surface area contributed by atoms with Crippen molar-refractivity contribution in [2.45, 2.75) is 51.7 Å². The van der Waals surface area contributed by atoms with Gasteiger partial charge < -0.3 is 0 Å². The number of halogens is 1. The standard InChI is InChI=1S/C20H26FNSi/c1-23(2,3)20-14-22-19(17-10-6-7-11-18(17)21)13-16(20)12-15-8-4-5-9-15/h6-7,10-11,13-15H,4-5,8-9,12H2,1-3H3. The van der Waals surface area contributed by atoms with E-state index in [1.165, 1.54) is 42.5 Å². The minimum absolute atomic E-state index is 0.187. The molecule has 1 aliphatic rings. The van der Waals surface area contributed by atoms with Crippen LogP contribution >= 0.6 is 0 Å². The first kappa shape index (κ1) is 16.4. The summed E-state index contributed by atoms with van der Waals surface area (Å²) in [6.07, 6.45) is 8.54. The Morgan fingerprint density at radius 2 is 1.83 bits per heavy atom. The highest BCUT2D eigenvalue weighted by atomic mass is 28.3. The van der Waals surface area contributed by atoms with Gasteiger partial charge in [-0.1, -0.05) is 57.5 Å². The van der Waals surface area contributed by atoms with Gasteiger partial charge >= 0.3 is 0 Å². The van der Waals surface area contributed by atoms with E-state index in [1.54, 1.807) is 6.07 Å². The average Bonchev–Trinajstić information content (AvgIpc) is 2.99. The van der Waals surface area contributed by atoms with Crippen molar-refractivity contribution >= 4 is 13.3 Å². The van der Waals surface area contributed by atoms with Gasteiger partial charge in [-0.25, -0.2) is 4.39 Å². The maximum Gasteiger partial charge on any atom is 0.132 e. The highest BCUT2D eigenvalue weighted by Gasteiger charge is 2.24. The molecule has 2 aromatic rings. The van der Waals surface area contributed by atoms with Crippen molar-refractivity contribution < 1.29 is 4.39 Å². The molecule has 3 heteroatoms. The Bertz CT molecular complexity index is 684. The zero-order valence-electron chi connectivity index (χ0n) is 14.4. The number of hydrogen-bond donors (Lipinski definition) is 0. The molecule has 0 aliphatic heterocycles. The van der Waals surface area contributed by atoms with E-state index in [4.69, 9.17) is 0 Å². The maximum atomic E-state index is 14.1. The predicted molar refractivity (Wildman–Crippen MR) is 98.3 cm³/mol. The third-order valence-corrected chi connectivity index (χ3v) is 7.00. The summed E-state index contributed by atoms with van der Waals surface area (Å²) in [5, 5.41) is 1.43. The predicted octanol–water partition coefficient (Wildman–Crippen LogP) is 5.17. The molecule has 1 fully saturated rings. The molecule has 1 saturated carbocycles. The molecular weight excluding hydrogens is 301 g/mol. The molecule has 0 saturated heterocycles. The molecule has 0 bridgehead atoms. The van der Waals surface area contributed by atoms with Crippen LogP contribution in [0.1, 0.15) is 31.2 Å². The lowest BCUT2D eigenvalue weighted by atomic mass is 9.97. The molecular formula is C20H26FNSi. The molecule has 0 atom stereocenters. The Morgan fingerprint density at radius 1 is 1.13 bits per heavy atom. The summed E-state index contributed by atoms with van der Waals surface area (Å²) in [5.41, 5.74) is 2.80. The number of nitrogens with zero attached hydrogens (tertiary/aromatic N) is 1. The zero-order valence-corrected chi connectivity index (χ0v) is 15.4. The minimum atomic E-state index is -1.44. The third kappa shape index (κ3) is 3.71. The Morgan fingerprint density at radius 3 is 2.48 bits per heavy atom. The molecule has 1 aromatic carbocycles. The van der Waals surface area contributed by atoms with Crippen LogP contribution in [0.2, 0.25) is 19.6 Å². The van der Waals surface area contributed by atoms with Crippen LogP contribution in [-0.2, 0) is 6.42 Å². The average molecular weight is 328 g/mol. The van der Waals surface area contributed by atoms with Gasteiger partial charge in [0.1, 0.15) is 5.82 Å². The topological polar surface area (TPSA) is 12.9 Å². The zero-order chi connectivity index (χ0) is 16.4. The van der Waals surface area contributed by atoms with Crippen molar-refractivity contribution in [1.82, 2.24) is 4.98 Å². The second-order valence-corrected chi connectivity index (χ2v) is 12.8. The number of aromatic nitrogens is 1. The van der Waals surface area contributed by atoms with E-state index < -0.39 is 8.07 Å². The van der Waals surface area contributed by atoms with E-state index in [0.717, 1.165) is 18.0 Å². The number of hydrogen-bond acceptors (Lipinski definition) is 1. The summed E-state index contributed by atoms with van der Waals surface area (Å²) in [6, 6.07) is 9.10. The fraction of sp³-hybridized carbons (Fsp3) is 0.450. The molecule has 0 amide bonds. The molecule has 0 radical (unpaired) electrons. The SMILES string of the molecule is C[Si](C)(C)c1cnc(-c2ccccc2F)cc1CC1CCCC1. The molecule has 3 rings (SSSR count). The lowest BCUT2D eigenvalue weighted by Gasteiger charge is -2.23. The molecule has 23 heavy (non-hydrogen) atoms. The van der Waals surface area contributed by atoms with Gasteiger partial charge in [-0.05, 0) is 41.3 Å². The third-order valence-electron chi connectivity index (χ3n) is 4.93. The van der Waals surface area contributed by atoms with E-state index in [0.29, 0.717) is 5.56 Å². The fourth-order valence-electron chi connectivity index (χ4n) is 3.68. The largest absolute Gasteiger partial charge is 0.256 e. The Hall–Kier alpha value is -1.48. The van der Waals surface area contributed by atoms with Gasteiger partial charge in [0.2, 0.25) is 0 Å². The summed E-state index contributed by atoms with van der Waals surface area (Å²) in [4.78, 5) is 4.61. The van der Waals surface area contributed by atoms with Gasteiger partial charge in [0, 0.05) is 11.8 Å². The fourth-order valence-corrected chi connectivity index (χ4v) is 5.27. The van der Waals surface area contributed by atoms with E-state index in [9.17, 15) is 4.39 Å². The van der Waals surface area contributed by atoms with E-state index in [2.05, 4.69) is 30.7 Å². The van der Waals surface area contributed by atoms with E-state index in [1.807, 2.05) is 18.3 Å². The lowest BCUT2D eigenvalue weighted by molar-refractivity contribution is 0.547. The smallest absolute Gasteiger partial charge is 0.132 e. The van der Waals surface area contributed by atoms with Gasteiger partial charge in [0.15, 0.2) is 0 Å². The Labute approximate surface area is 140 Å². The molecule has 0 spiro atoms. The number of benzene rings is 1. The molecule has 0 N–H and O–H groups in total.